The van der Waals surface area contributed by atoms with Crippen molar-refractivity contribution in [1.82, 2.24) is 0 Å². The number of nitrogens with one attached hydrogen (secondary N) is 1. The smallest absolute Gasteiger partial charge is 0.0682 e. The van der Waals surface area contributed by atoms with E-state index in [1.807, 2.05) is 35.7 Å². The SMILES string of the molecule is Nc1ccsc1CNc1cccc(CO)c1. The zero-order chi connectivity index (χ0) is 11.4. The molecule has 0 aliphatic rings. The summed E-state index contributed by atoms with van der Waals surface area (Å²) in [5.41, 5.74) is 8.53. The van der Waals surface area contributed by atoms with Crippen molar-refractivity contribution in [3.8, 4) is 0 Å². The first-order valence-electron chi connectivity index (χ1n) is 5.05. The fourth-order valence-corrected chi connectivity index (χ4v) is 2.19. The average molecular weight is 234 g/mol. The molecule has 2 aromatic rings. The number of hydrogen-bond acceptors (Lipinski definition) is 4. The molecule has 0 spiro atoms. The second-order valence-electron chi connectivity index (χ2n) is 3.51. The minimum Gasteiger partial charge on any atom is -0.398 e. The van der Waals surface area contributed by atoms with Gasteiger partial charge >= 0.3 is 0 Å². The Hall–Kier alpha value is -1.52. The Labute approximate surface area is 98.5 Å². The van der Waals surface area contributed by atoms with Gasteiger partial charge in [-0.25, -0.2) is 0 Å². The van der Waals surface area contributed by atoms with E-state index in [0.29, 0.717) is 0 Å². The summed E-state index contributed by atoms with van der Waals surface area (Å²) >= 11 is 1.64. The van der Waals surface area contributed by atoms with E-state index in [2.05, 4.69) is 5.32 Å². The van der Waals surface area contributed by atoms with E-state index in [0.717, 1.165) is 28.4 Å². The maximum absolute atomic E-state index is 9.01. The lowest BCUT2D eigenvalue weighted by Gasteiger charge is -2.06. The van der Waals surface area contributed by atoms with Crippen LogP contribution in [-0.2, 0) is 13.2 Å². The first kappa shape index (κ1) is 11.0. The Balaban J connectivity index is 2.02. The molecule has 1 aromatic heterocycles. The fraction of sp³-hybridized carbons (Fsp3) is 0.167. The van der Waals surface area contributed by atoms with E-state index in [9.17, 15) is 0 Å². The molecule has 0 fully saturated rings. The van der Waals surface area contributed by atoms with Gasteiger partial charge in [-0.05, 0) is 29.1 Å². The number of rotatable bonds is 4. The molecule has 16 heavy (non-hydrogen) atoms. The summed E-state index contributed by atoms with van der Waals surface area (Å²) in [6, 6.07) is 9.63. The van der Waals surface area contributed by atoms with Crippen molar-refractivity contribution in [3.05, 3.63) is 46.2 Å². The molecule has 0 aliphatic heterocycles. The third-order valence-corrected chi connectivity index (χ3v) is 3.28. The van der Waals surface area contributed by atoms with Crippen molar-refractivity contribution in [2.24, 2.45) is 0 Å². The van der Waals surface area contributed by atoms with Crippen molar-refractivity contribution in [2.45, 2.75) is 13.2 Å². The van der Waals surface area contributed by atoms with E-state index in [4.69, 9.17) is 10.8 Å². The Kier molecular flexibility index (Phi) is 3.44. The van der Waals surface area contributed by atoms with Crippen molar-refractivity contribution >= 4 is 22.7 Å². The molecule has 0 bridgehead atoms. The number of aliphatic hydroxyl groups excluding tert-OH is 1. The molecule has 3 nitrogen and oxygen atoms in total. The molecule has 1 aromatic carbocycles. The highest BCUT2D eigenvalue weighted by Gasteiger charge is 2.00. The van der Waals surface area contributed by atoms with Gasteiger partial charge in [0.25, 0.3) is 0 Å². The van der Waals surface area contributed by atoms with Crippen LogP contribution >= 0.6 is 11.3 Å². The second kappa shape index (κ2) is 5.01. The molecule has 0 aliphatic carbocycles. The van der Waals surface area contributed by atoms with Gasteiger partial charge in [-0.3, -0.25) is 0 Å². The van der Waals surface area contributed by atoms with Crippen molar-refractivity contribution in [2.75, 3.05) is 11.1 Å². The maximum atomic E-state index is 9.01. The van der Waals surface area contributed by atoms with Crippen molar-refractivity contribution < 1.29 is 5.11 Å². The molecule has 84 valence electrons. The first-order chi connectivity index (χ1) is 7.79. The molecular formula is C12H14N2OS. The number of aliphatic hydroxyl groups is 1. The number of hydrogen-bond donors (Lipinski definition) is 3. The quantitative estimate of drug-likeness (QED) is 0.761. The van der Waals surface area contributed by atoms with Crippen molar-refractivity contribution in [1.29, 1.82) is 0 Å². The van der Waals surface area contributed by atoms with Crippen LogP contribution in [0.15, 0.2) is 35.7 Å². The van der Waals surface area contributed by atoms with Crippen LogP contribution in [0.25, 0.3) is 0 Å². The van der Waals surface area contributed by atoms with Crippen LogP contribution < -0.4 is 11.1 Å². The molecule has 0 unspecified atom stereocenters. The van der Waals surface area contributed by atoms with Gasteiger partial charge in [0, 0.05) is 16.3 Å². The van der Waals surface area contributed by atoms with Crippen LogP contribution in [-0.4, -0.2) is 5.11 Å². The predicted molar refractivity (Wildman–Crippen MR) is 68.4 cm³/mol. The van der Waals surface area contributed by atoms with Gasteiger partial charge in [0.05, 0.1) is 13.2 Å². The first-order valence-corrected chi connectivity index (χ1v) is 5.93. The largest absolute Gasteiger partial charge is 0.398 e. The minimum atomic E-state index is 0.0661. The van der Waals surface area contributed by atoms with Gasteiger partial charge in [0.1, 0.15) is 0 Å². The van der Waals surface area contributed by atoms with E-state index >= 15 is 0 Å². The molecule has 4 heteroatoms. The van der Waals surface area contributed by atoms with Gasteiger partial charge in [-0.2, -0.15) is 0 Å². The van der Waals surface area contributed by atoms with Crippen LogP contribution in [0.5, 0.6) is 0 Å². The molecule has 1 heterocycles. The van der Waals surface area contributed by atoms with Gasteiger partial charge in [-0.1, -0.05) is 12.1 Å². The minimum absolute atomic E-state index is 0.0661. The fourth-order valence-electron chi connectivity index (χ4n) is 1.46. The molecular weight excluding hydrogens is 220 g/mol. The number of thiophene rings is 1. The van der Waals surface area contributed by atoms with Crippen LogP contribution in [0.3, 0.4) is 0 Å². The number of nitrogen functional groups attached to an aromatic ring is 1. The molecule has 0 radical (unpaired) electrons. The molecule has 4 N–H and O–H groups in total. The zero-order valence-corrected chi connectivity index (χ0v) is 9.63. The van der Waals surface area contributed by atoms with Gasteiger partial charge in [0.2, 0.25) is 0 Å². The molecule has 0 saturated heterocycles. The van der Waals surface area contributed by atoms with E-state index < -0.39 is 0 Å². The number of benzene rings is 1. The van der Waals surface area contributed by atoms with E-state index in [1.54, 1.807) is 11.3 Å². The van der Waals surface area contributed by atoms with Crippen LogP contribution in [0.2, 0.25) is 0 Å². The van der Waals surface area contributed by atoms with Crippen LogP contribution in [0.1, 0.15) is 10.4 Å². The predicted octanol–water partition coefficient (Wildman–Crippen LogP) is 2.43. The normalized spacial score (nSPS) is 10.3. The number of nitrogens with two attached hydrogens (primary N) is 1. The third-order valence-electron chi connectivity index (χ3n) is 2.34. The van der Waals surface area contributed by atoms with Gasteiger partial charge in [0.15, 0.2) is 0 Å². The van der Waals surface area contributed by atoms with E-state index in [-0.39, 0.29) is 6.61 Å². The van der Waals surface area contributed by atoms with Crippen molar-refractivity contribution in [3.63, 3.8) is 0 Å². The average Bonchev–Trinajstić information content (AvgIpc) is 2.72. The summed E-state index contributed by atoms with van der Waals surface area (Å²) in [4.78, 5) is 1.13. The highest BCUT2D eigenvalue weighted by molar-refractivity contribution is 7.10. The van der Waals surface area contributed by atoms with E-state index in [1.165, 1.54) is 0 Å². The lowest BCUT2D eigenvalue weighted by Crippen LogP contribution is -2.00. The van der Waals surface area contributed by atoms with Crippen LogP contribution in [0.4, 0.5) is 11.4 Å². The van der Waals surface area contributed by atoms with Gasteiger partial charge < -0.3 is 16.2 Å². The molecule has 0 amide bonds. The summed E-state index contributed by atoms with van der Waals surface area (Å²) in [6.45, 7) is 0.787. The summed E-state index contributed by atoms with van der Waals surface area (Å²) in [7, 11) is 0. The Bertz CT molecular complexity index is 468. The summed E-state index contributed by atoms with van der Waals surface area (Å²) in [5, 5.41) is 14.3. The molecule has 0 saturated carbocycles. The topological polar surface area (TPSA) is 58.3 Å². The summed E-state index contributed by atoms with van der Waals surface area (Å²) in [5.74, 6) is 0. The third kappa shape index (κ3) is 2.53. The lowest BCUT2D eigenvalue weighted by atomic mass is 10.2. The molecule has 2 rings (SSSR count). The monoisotopic (exact) mass is 234 g/mol. The standard InChI is InChI=1S/C12H14N2OS/c13-11-4-5-16-12(11)7-14-10-3-1-2-9(6-10)8-15/h1-6,14-15H,7-8,13H2. The van der Waals surface area contributed by atoms with Crippen LogP contribution in [0, 0.1) is 0 Å². The molecule has 0 atom stereocenters. The Morgan fingerprint density at radius 3 is 2.88 bits per heavy atom. The Morgan fingerprint density at radius 1 is 1.31 bits per heavy atom. The maximum Gasteiger partial charge on any atom is 0.0682 e. The summed E-state index contributed by atoms with van der Waals surface area (Å²) in [6.07, 6.45) is 0. The summed E-state index contributed by atoms with van der Waals surface area (Å²) < 4.78 is 0. The van der Waals surface area contributed by atoms with Gasteiger partial charge in [-0.15, -0.1) is 11.3 Å². The highest BCUT2D eigenvalue weighted by Crippen LogP contribution is 2.20. The highest BCUT2D eigenvalue weighted by atomic mass is 32.1. The number of anilines is 2. The Morgan fingerprint density at radius 2 is 2.19 bits per heavy atom. The second-order valence-corrected chi connectivity index (χ2v) is 4.51. The zero-order valence-electron chi connectivity index (χ0n) is 8.81. The lowest BCUT2D eigenvalue weighted by molar-refractivity contribution is 0.282.